The molecule has 0 aliphatic carbocycles. The van der Waals surface area contributed by atoms with Crippen molar-refractivity contribution >= 4 is 21.6 Å². The molecular formula is C19H21N3O5S. The number of ether oxygens (including phenoxy) is 2. The molecule has 148 valence electrons. The minimum absolute atomic E-state index is 0.0210. The van der Waals surface area contributed by atoms with Crippen LogP contribution in [0.3, 0.4) is 0 Å². The smallest absolute Gasteiger partial charge is 0.264 e. The van der Waals surface area contributed by atoms with Gasteiger partial charge in [0.05, 0.1) is 30.7 Å². The van der Waals surface area contributed by atoms with Crippen LogP contribution >= 0.6 is 0 Å². The monoisotopic (exact) mass is 403 g/mol. The molecule has 2 aliphatic rings. The summed E-state index contributed by atoms with van der Waals surface area (Å²) in [6.45, 7) is 2.36. The van der Waals surface area contributed by atoms with Gasteiger partial charge in [0.1, 0.15) is 17.6 Å². The molecule has 1 fully saturated rings. The molecule has 4 rings (SSSR count). The largest absolute Gasteiger partial charge is 0.486 e. The van der Waals surface area contributed by atoms with Crippen LogP contribution in [0.15, 0.2) is 36.7 Å². The van der Waals surface area contributed by atoms with Crippen LogP contribution in [0.25, 0.3) is 11.1 Å². The molecule has 0 unspecified atom stereocenters. The number of amides is 1. The molecule has 9 heteroatoms. The van der Waals surface area contributed by atoms with E-state index in [4.69, 9.17) is 9.47 Å². The number of carbonyl (C=O) groups excluding carboxylic acids is 1. The molecule has 1 amide bonds. The van der Waals surface area contributed by atoms with E-state index in [1.54, 1.807) is 31.3 Å². The van der Waals surface area contributed by atoms with Crippen LogP contribution in [0.1, 0.15) is 6.92 Å². The molecule has 0 bridgehead atoms. The number of benzene rings is 1. The van der Waals surface area contributed by atoms with Gasteiger partial charge in [-0.15, -0.1) is 0 Å². The van der Waals surface area contributed by atoms with Gasteiger partial charge >= 0.3 is 0 Å². The highest BCUT2D eigenvalue weighted by molar-refractivity contribution is 7.89. The van der Waals surface area contributed by atoms with Crippen LogP contribution in [-0.2, 0) is 14.8 Å². The molecule has 1 saturated heterocycles. The fourth-order valence-corrected chi connectivity index (χ4v) is 4.33. The number of fused-ring (bicyclic) bond motifs is 1. The van der Waals surface area contributed by atoms with Gasteiger partial charge in [-0.3, -0.25) is 9.78 Å². The first kappa shape index (κ1) is 18.7. The first-order valence-electron chi connectivity index (χ1n) is 9.00. The summed E-state index contributed by atoms with van der Waals surface area (Å²) in [5.74, 6) is 1.24. The molecule has 0 radical (unpaired) electrons. The van der Waals surface area contributed by atoms with Gasteiger partial charge in [0.25, 0.3) is 5.91 Å². The van der Waals surface area contributed by atoms with Gasteiger partial charge in [-0.05, 0) is 30.7 Å². The number of sulfonamides is 1. The average molecular weight is 403 g/mol. The summed E-state index contributed by atoms with van der Waals surface area (Å²) in [6, 6.07) is 7.48. The van der Waals surface area contributed by atoms with E-state index in [1.165, 1.54) is 4.31 Å². The Hall–Kier alpha value is -2.65. The van der Waals surface area contributed by atoms with E-state index in [1.807, 2.05) is 24.3 Å². The highest BCUT2D eigenvalue weighted by Crippen LogP contribution is 2.36. The van der Waals surface area contributed by atoms with Crippen molar-refractivity contribution in [3.63, 3.8) is 0 Å². The molecule has 3 heterocycles. The zero-order valence-electron chi connectivity index (χ0n) is 15.7. The topological polar surface area (TPSA) is 89.0 Å². The first-order valence-corrected chi connectivity index (χ1v) is 10.6. The molecule has 0 spiro atoms. The van der Waals surface area contributed by atoms with Crippen LogP contribution in [0, 0.1) is 0 Å². The molecule has 0 N–H and O–H groups in total. The third kappa shape index (κ3) is 3.43. The lowest BCUT2D eigenvalue weighted by Crippen LogP contribution is -2.56. The minimum Gasteiger partial charge on any atom is -0.486 e. The van der Waals surface area contributed by atoms with Gasteiger partial charge in [0, 0.05) is 18.8 Å². The second-order valence-corrected chi connectivity index (χ2v) is 9.05. The molecule has 2 aromatic rings. The molecular weight excluding hydrogens is 382 g/mol. The number of hydrogen-bond donors (Lipinski definition) is 0. The molecule has 0 atom stereocenters. The predicted octanol–water partition coefficient (Wildman–Crippen LogP) is 1.52. The summed E-state index contributed by atoms with van der Waals surface area (Å²) >= 11 is 0. The SMILES string of the molecule is CCS(=O)(=O)N1CC(Oc2cncc(-c3ccc4c(c3)OCC(=O)N4C)c2)C1. The number of likely N-dealkylation sites (N-methyl/N-ethyl adjacent to an activating group) is 1. The Bertz CT molecular complexity index is 1020. The number of hydrogen-bond acceptors (Lipinski definition) is 6. The lowest BCUT2D eigenvalue weighted by molar-refractivity contribution is -0.120. The number of carbonyl (C=O) groups is 1. The molecule has 1 aromatic heterocycles. The van der Waals surface area contributed by atoms with E-state index in [9.17, 15) is 13.2 Å². The fraction of sp³-hybridized carbons (Fsp3) is 0.368. The Labute approximate surface area is 163 Å². The van der Waals surface area contributed by atoms with Crippen molar-refractivity contribution in [2.45, 2.75) is 13.0 Å². The standard InChI is InChI=1S/C19H21N3O5S/c1-3-28(24,25)22-10-16(11-22)27-15-6-14(8-20-9-15)13-4-5-17-18(7-13)26-12-19(23)21(17)2/h4-9,16H,3,10-12H2,1-2H3. The predicted molar refractivity (Wildman–Crippen MR) is 104 cm³/mol. The summed E-state index contributed by atoms with van der Waals surface area (Å²) in [4.78, 5) is 17.5. The summed E-state index contributed by atoms with van der Waals surface area (Å²) in [7, 11) is -1.44. The Morgan fingerprint density at radius 2 is 2.00 bits per heavy atom. The van der Waals surface area contributed by atoms with E-state index in [0.29, 0.717) is 24.6 Å². The Balaban J connectivity index is 1.49. The van der Waals surface area contributed by atoms with Gasteiger partial charge in [-0.2, -0.15) is 4.31 Å². The normalized spacial score (nSPS) is 17.6. The third-order valence-electron chi connectivity index (χ3n) is 4.97. The van der Waals surface area contributed by atoms with Gasteiger partial charge in [-0.1, -0.05) is 6.07 Å². The van der Waals surface area contributed by atoms with Gasteiger partial charge in [0.2, 0.25) is 10.0 Å². The van der Waals surface area contributed by atoms with Crippen LogP contribution in [0.5, 0.6) is 11.5 Å². The number of pyridine rings is 1. The van der Waals surface area contributed by atoms with Gasteiger partial charge < -0.3 is 14.4 Å². The zero-order valence-corrected chi connectivity index (χ0v) is 16.5. The zero-order chi connectivity index (χ0) is 19.9. The number of aromatic nitrogens is 1. The van der Waals surface area contributed by atoms with E-state index < -0.39 is 10.0 Å². The number of rotatable bonds is 5. The van der Waals surface area contributed by atoms with E-state index in [2.05, 4.69) is 4.98 Å². The van der Waals surface area contributed by atoms with Crippen molar-refractivity contribution in [3.05, 3.63) is 36.7 Å². The van der Waals surface area contributed by atoms with Gasteiger partial charge in [0.15, 0.2) is 6.61 Å². The maximum atomic E-state index is 11.8. The summed E-state index contributed by atoms with van der Waals surface area (Å²) in [5, 5.41) is 0. The quantitative estimate of drug-likeness (QED) is 0.752. The van der Waals surface area contributed by atoms with E-state index >= 15 is 0 Å². The van der Waals surface area contributed by atoms with Crippen LogP contribution in [0.2, 0.25) is 0 Å². The van der Waals surface area contributed by atoms with E-state index in [-0.39, 0.29) is 24.4 Å². The first-order chi connectivity index (χ1) is 13.4. The van der Waals surface area contributed by atoms with Crippen molar-refractivity contribution in [2.24, 2.45) is 0 Å². The summed E-state index contributed by atoms with van der Waals surface area (Å²) < 4.78 is 36.4. The molecule has 0 saturated carbocycles. The Morgan fingerprint density at radius 3 is 2.75 bits per heavy atom. The Kier molecular flexibility index (Phi) is 4.72. The molecule has 8 nitrogen and oxygen atoms in total. The maximum absolute atomic E-state index is 11.8. The minimum atomic E-state index is -3.16. The number of anilines is 1. The lowest BCUT2D eigenvalue weighted by Gasteiger charge is -2.37. The third-order valence-corrected chi connectivity index (χ3v) is 6.78. The second-order valence-electron chi connectivity index (χ2n) is 6.79. The van der Waals surface area contributed by atoms with E-state index in [0.717, 1.165) is 16.8 Å². The van der Waals surface area contributed by atoms with Crippen LogP contribution < -0.4 is 14.4 Å². The van der Waals surface area contributed by atoms with Crippen molar-refractivity contribution in [1.29, 1.82) is 0 Å². The summed E-state index contributed by atoms with van der Waals surface area (Å²) in [6.07, 6.45) is 3.16. The second kappa shape index (κ2) is 7.06. The average Bonchev–Trinajstić information content (AvgIpc) is 2.67. The van der Waals surface area contributed by atoms with Crippen molar-refractivity contribution in [2.75, 3.05) is 37.4 Å². The van der Waals surface area contributed by atoms with Crippen molar-refractivity contribution in [1.82, 2.24) is 9.29 Å². The Morgan fingerprint density at radius 1 is 1.21 bits per heavy atom. The van der Waals surface area contributed by atoms with Crippen LogP contribution in [-0.4, -0.2) is 62.2 Å². The lowest BCUT2D eigenvalue weighted by atomic mass is 10.1. The highest BCUT2D eigenvalue weighted by atomic mass is 32.2. The molecule has 28 heavy (non-hydrogen) atoms. The molecule has 2 aliphatic heterocycles. The highest BCUT2D eigenvalue weighted by Gasteiger charge is 2.36. The van der Waals surface area contributed by atoms with Crippen LogP contribution in [0.4, 0.5) is 5.69 Å². The van der Waals surface area contributed by atoms with Crippen molar-refractivity contribution < 1.29 is 22.7 Å². The van der Waals surface area contributed by atoms with Gasteiger partial charge in [-0.25, -0.2) is 8.42 Å². The van der Waals surface area contributed by atoms with Crippen molar-refractivity contribution in [3.8, 4) is 22.6 Å². The maximum Gasteiger partial charge on any atom is 0.264 e. The number of nitrogens with zero attached hydrogens (tertiary/aromatic N) is 3. The fourth-order valence-electron chi connectivity index (χ4n) is 3.18. The molecule has 1 aromatic carbocycles. The summed E-state index contributed by atoms with van der Waals surface area (Å²) in [5.41, 5.74) is 2.47.